The van der Waals surface area contributed by atoms with E-state index in [0.717, 1.165) is 12.8 Å². The number of aliphatic hydroxyl groups is 1. The Hall–Kier alpha value is -0.650. The fourth-order valence-electron chi connectivity index (χ4n) is 1.39. The van der Waals surface area contributed by atoms with Gasteiger partial charge in [0.15, 0.2) is 0 Å². The molecule has 100 valence electrons. The Morgan fingerprint density at radius 2 is 2.12 bits per heavy atom. The molecule has 1 aliphatic rings. The summed E-state index contributed by atoms with van der Waals surface area (Å²) in [6, 6.07) is 0. The van der Waals surface area contributed by atoms with Crippen molar-refractivity contribution in [3.8, 4) is 0 Å². The summed E-state index contributed by atoms with van der Waals surface area (Å²) in [7, 11) is 0. The number of carbonyl (C=O) groups excluding carboxylic acids is 1. The van der Waals surface area contributed by atoms with E-state index in [1.807, 2.05) is 20.8 Å². The molecule has 1 saturated carbocycles. The Morgan fingerprint density at radius 1 is 1.47 bits per heavy atom. The lowest BCUT2D eigenvalue weighted by Crippen LogP contribution is -2.30. The molecule has 1 unspecified atom stereocenters. The van der Waals surface area contributed by atoms with Gasteiger partial charge in [0, 0.05) is 6.54 Å². The summed E-state index contributed by atoms with van der Waals surface area (Å²) in [6.45, 7) is 6.16. The van der Waals surface area contributed by atoms with Gasteiger partial charge in [-0.2, -0.15) is 5.48 Å². The minimum atomic E-state index is -0.452. The largest absolute Gasteiger partial charge is 0.460 e. The first-order chi connectivity index (χ1) is 7.88. The standard InChI is InChI=1S/C12H23NO4/c1-12(2,3)17-11(15)6-7-16-13-8-10(14)9-4-5-9/h9-10,13-14H,4-8H2,1-3H3. The van der Waals surface area contributed by atoms with Crippen molar-refractivity contribution < 1.29 is 19.5 Å². The molecule has 0 aromatic heterocycles. The van der Waals surface area contributed by atoms with E-state index < -0.39 is 5.60 Å². The van der Waals surface area contributed by atoms with E-state index in [1.165, 1.54) is 0 Å². The summed E-state index contributed by atoms with van der Waals surface area (Å²) in [5, 5.41) is 9.52. The highest BCUT2D eigenvalue weighted by Gasteiger charge is 2.29. The van der Waals surface area contributed by atoms with Gasteiger partial charge in [0.25, 0.3) is 0 Å². The molecule has 1 aliphatic carbocycles. The molecule has 0 amide bonds. The highest BCUT2D eigenvalue weighted by molar-refractivity contribution is 5.69. The first-order valence-electron chi connectivity index (χ1n) is 6.13. The van der Waals surface area contributed by atoms with Crippen LogP contribution in [0.15, 0.2) is 0 Å². The molecule has 0 aromatic carbocycles. The maximum Gasteiger partial charge on any atom is 0.308 e. The molecule has 0 bridgehead atoms. The molecular weight excluding hydrogens is 222 g/mol. The molecule has 0 spiro atoms. The Bertz CT molecular complexity index is 245. The fraction of sp³-hybridized carbons (Fsp3) is 0.917. The van der Waals surface area contributed by atoms with Gasteiger partial charge in [0.1, 0.15) is 5.60 Å². The number of hydrogen-bond donors (Lipinski definition) is 2. The van der Waals surface area contributed by atoms with Crippen LogP contribution in [0, 0.1) is 5.92 Å². The van der Waals surface area contributed by atoms with Crippen molar-refractivity contribution >= 4 is 5.97 Å². The minimum Gasteiger partial charge on any atom is -0.460 e. The van der Waals surface area contributed by atoms with Crippen molar-refractivity contribution in [3.63, 3.8) is 0 Å². The predicted molar refractivity (Wildman–Crippen MR) is 63.1 cm³/mol. The van der Waals surface area contributed by atoms with Crippen molar-refractivity contribution in [2.24, 2.45) is 5.92 Å². The third kappa shape index (κ3) is 7.31. The quantitative estimate of drug-likeness (QED) is 0.398. The lowest BCUT2D eigenvalue weighted by molar-refractivity contribution is -0.156. The number of aliphatic hydroxyl groups excluding tert-OH is 1. The number of rotatable bonds is 7. The van der Waals surface area contributed by atoms with Crippen LogP contribution in [0.25, 0.3) is 0 Å². The number of hydrogen-bond acceptors (Lipinski definition) is 5. The lowest BCUT2D eigenvalue weighted by atomic mass is 10.2. The molecule has 5 heteroatoms. The smallest absolute Gasteiger partial charge is 0.308 e. The molecule has 1 fully saturated rings. The Balaban J connectivity index is 1.94. The molecule has 0 aliphatic heterocycles. The van der Waals surface area contributed by atoms with Crippen molar-refractivity contribution in [3.05, 3.63) is 0 Å². The second-order valence-corrected chi connectivity index (χ2v) is 5.44. The van der Waals surface area contributed by atoms with Gasteiger partial charge in [-0.3, -0.25) is 4.79 Å². The van der Waals surface area contributed by atoms with Gasteiger partial charge < -0.3 is 14.7 Å². The third-order valence-corrected chi connectivity index (χ3v) is 2.39. The second kappa shape index (κ2) is 6.33. The van der Waals surface area contributed by atoms with Gasteiger partial charge in [-0.25, -0.2) is 0 Å². The normalized spacial score (nSPS) is 17.9. The van der Waals surface area contributed by atoms with Crippen LogP contribution in [0.2, 0.25) is 0 Å². The zero-order valence-electron chi connectivity index (χ0n) is 10.9. The molecule has 0 heterocycles. The Morgan fingerprint density at radius 3 is 2.65 bits per heavy atom. The van der Waals surface area contributed by atoms with E-state index in [0.29, 0.717) is 12.5 Å². The van der Waals surface area contributed by atoms with Crippen molar-refractivity contribution in [1.82, 2.24) is 5.48 Å². The summed E-state index contributed by atoms with van der Waals surface area (Å²) in [5.74, 6) is 0.152. The van der Waals surface area contributed by atoms with E-state index in [-0.39, 0.29) is 25.1 Å². The average molecular weight is 245 g/mol. The highest BCUT2D eigenvalue weighted by atomic mass is 16.6. The number of hydroxylamine groups is 1. The first-order valence-corrected chi connectivity index (χ1v) is 6.13. The topological polar surface area (TPSA) is 67.8 Å². The average Bonchev–Trinajstić information content (AvgIpc) is 2.96. The molecule has 0 aromatic rings. The van der Waals surface area contributed by atoms with Crippen molar-refractivity contribution in [1.29, 1.82) is 0 Å². The summed E-state index contributed by atoms with van der Waals surface area (Å²) >= 11 is 0. The maximum absolute atomic E-state index is 11.3. The number of carbonyl (C=O) groups is 1. The van der Waals surface area contributed by atoms with E-state index in [1.54, 1.807) is 0 Å². The monoisotopic (exact) mass is 245 g/mol. The number of nitrogens with one attached hydrogen (secondary N) is 1. The summed E-state index contributed by atoms with van der Waals surface area (Å²) < 4.78 is 5.12. The van der Waals surface area contributed by atoms with Crippen LogP contribution in [0.5, 0.6) is 0 Å². The molecule has 0 radical (unpaired) electrons. The van der Waals surface area contributed by atoms with Crippen LogP contribution in [-0.4, -0.2) is 35.9 Å². The van der Waals surface area contributed by atoms with Gasteiger partial charge >= 0.3 is 5.97 Å². The SMILES string of the molecule is CC(C)(C)OC(=O)CCONCC(O)C1CC1. The van der Waals surface area contributed by atoms with E-state index in [4.69, 9.17) is 9.57 Å². The van der Waals surface area contributed by atoms with Crippen molar-refractivity contribution in [2.45, 2.75) is 51.7 Å². The van der Waals surface area contributed by atoms with Crippen LogP contribution < -0.4 is 5.48 Å². The number of ether oxygens (including phenoxy) is 1. The Kier molecular flexibility index (Phi) is 5.36. The molecule has 2 N–H and O–H groups in total. The fourth-order valence-corrected chi connectivity index (χ4v) is 1.39. The van der Waals surface area contributed by atoms with E-state index in [9.17, 15) is 9.90 Å². The highest BCUT2D eigenvalue weighted by Crippen LogP contribution is 2.32. The zero-order valence-corrected chi connectivity index (χ0v) is 10.9. The first kappa shape index (κ1) is 14.4. The van der Waals surface area contributed by atoms with Crippen molar-refractivity contribution in [2.75, 3.05) is 13.2 Å². The van der Waals surface area contributed by atoms with Gasteiger partial charge in [-0.1, -0.05) is 0 Å². The molecule has 0 saturated heterocycles. The molecule has 5 nitrogen and oxygen atoms in total. The molecule has 1 atom stereocenters. The number of esters is 1. The predicted octanol–water partition coefficient (Wildman–Crippen LogP) is 1.01. The summed E-state index contributed by atoms with van der Waals surface area (Å²) in [6.07, 6.45) is 2.07. The van der Waals surface area contributed by atoms with E-state index >= 15 is 0 Å². The van der Waals surface area contributed by atoms with Crippen LogP contribution in [0.1, 0.15) is 40.0 Å². The van der Waals surface area contributed by atoms with Crippen LogP contribution in [0.3, 0.4) is 0 Å². The maximum atomic E-state index is 11.3. The zero-order chi connectivity index (χ0) is 12.9. The van der Waals surface area contributed by atoms with Crippen LogP contribution >= 0.6 is 0 Å². The molecule has 1 rings (SSSR count). The third-order valence-electron chi connectivity index (χ3n) is 2.39. The van der Waals surface area contributed by atoms with Gasteiger partial charge in [-0.15, -0.1) is 0 Å². The van der Waals surface area contributed by atoms with Crippen LogP contribution in [-0.2, 0) is 14.4 Å². The van der Waals surface area contributed by atoms with Gasteiger partial charge in [-0.05, 0) is 39.5 Å². The lowest BCUT2D eigenvalue weighted by Gasteiger charge is -2.19. The summed E-state index contributed by atoms with van der Waals surface area (Å²) in [5.41, 5.74) is 2.22. The van der Waals surface area contributed by atoms with Crippen LogP contribution in [0.4, 0.5) is 0 Å². The second-order valence-electron chi connectivity index (χ2n) is 5.44. The summed E-state index contributed by atoms with van der Waals surface area (Å²) in [4.78, 5) is 16.4. The van der Waals surface area contributed by atoms with Gasteiger partial charge in [0.2, 0.25) is 0 Å². The Labute approximate surface area is 102 Å². The molecular formula is C12H23NO4. The van der Waals surface area contributed by atoms with Gasteiger partial charge in [0.05, 0.1) is 19.1 Å². The van der Waals surface area contributed by atoms with E-state index in [2.05, 4.69) is 5.48 Å². The minimum absolute atomic E-state index is 0.212. The molecule has 17 heavy (non-hydrogen) atoms.